The third-order valence-corrected chi connectivity index (χ3v) is 1.86. The fourth-order valence-corrected chi connectivity index (χ4v) is 1.13. The molecule has 0 radical (unpaired) electrons. The van der Waals surface area contributed by atoms with Crippen LogP contribution < -0.4 is 16.0 Å². The molecule has 3 N–H and O–H groups in total. The van der Waals surface area contributed by atoms with E-state index in [4.69, 9.17) is 17.0 Å². The molecule has 0 aromatic carbocycles. The minimum absolute atomic E-state index is 0.175. The number of nitrogens with zero attached hydrogens (tertiary/aromatic N) is 2. The lowest BCUT2D eigenvalue weighted by atomic mass is 10.5. The molecule has 0 amide bonds. The minimum Gasteiger partial charge on any atom is -0.464 e. The Morgan fingerprint density at radius 2 is 2.50 bits per heavy atom. The van der Waals surface area contributed by atoms with Crippen molar-refractivity contribution in [3.8, 4) is 18.2 Å². The molecule has 1 aromatic heterocycles. The van der Waals surface area contributed by atoms with Crippen LogP contribution in [0.15, 0.2) is 11.2 Å². The molecule has 74 valence electrons. The maximum Gasteiger partial charge on any atom is 0.220 e. The van der Waals surface area contributed by atoms with Crippen LogP contribution in [0.4, 0.5) is 5.82 Å². The number of hydrazine groups is 1. The number of hydrogen-bond acceptors (Lipinski definition) is 6. The van der Waals surface area contributed by atoms with Crippen LogP contribution in [0.1, 0.15) is 0 Å². The summed E-state index contributed by atoms with van der Waals surface area (Å²) in [5.41, 5.74) is 2.42. The number of anilines is 1. The van der Waals surface area contributed by atoms with E-state index in [0.29, 0.717) is 16.9 Å². The molecule has 0 fully saturated rings. The summed E-state index contributed by atoms with van der Waals surface area (Å²) in [5.74, 6) is 8.48. The summed E-state index contributed by atoms with van der Waals surface area (Å²) in [5, 5.41) is 0.576. The summed E-state index contributed by atoms with van der Waals surface area (Å²) >= 11 is 1.40. The molecule has 0 aliphatic heterocycles. The van der Waals surface area contributed by atoms with Gasteiger partial charge in [0.05, 0.1) is 0 Å². The van der Waals surface area contributed by atoms with Crippen molar-refractivity contribution in [2.24, 2.45) is 5.84 Å². The average molecular weight is 210 g/mol. The second-order valence-electron chi connectivity index (χ2n) is 2.22. The number of ether oxygens (including phenoxy) is 1. The van der Waals surface area contributed by atoms with Crippen LogP contribution in [0.25, 0.3) is 0 Å². The van der Waals surface area contributed by atoms with E-state index >= 15 is 0 Å². The van der Waals surface area contributed by atoms with Crippen LogP contribution >= 0.6 is 11.8 Å². The summed E-state index contributed by atoms with van der Waals surface area (Å²) in [7, 11) is 0. The maximum atomic E-state index is 5.23. The monoisotopic (exact) mass is 210 g/mol. The van der Waals surface area contributed by atoms with Gasteiger partial charge in [0, 0.05) is 6.07 Å². The molecule has 0 saturated heterocycles. The van der Waals surface area contributed by atoms with Gasteiger partial charge in [-0.1, -0.05) is 17.7 Å². The number of terminal acetylenes is 1. The summed E-state index contributed by atoms with van der Waals surface area (Å²) < 4.78 is 5.14. The van der Waals surface area contributed by atoms with Crippen LogP contribution in [0.2, 0.25) is 0 Å². The first-order valence-electron chi connectivity index (χ1n) is 3.76. The van der Waals surface area contributed by atoms with Gasteiger partial charge in [-0.25, -0.2) is 10.8 Å². The van der Waals surface area contributed by atoms with Gasteiger partial charge in [0.15, 0.2) is 11.8 Å². The Balaban J connectivity index is 2.87. The first kappa shape index (κ1) is 10.6. The van der Waals surface area contributed by atoms with E-state index in [1.54, 1.807) is 6.07 Å². The summed E-state index contributed by atoms with van der Waals surface area (Å²) in [6.07, 6.45) is 6.92. The molecule has 5 nitrogen and oxygen atoms in total. The molecule has 14 heavy (non-hydrogen) atoms. The predicted octanol–water partition coefficient (Wildman–Crippen LogP) is 0.496. The van der Waals surface area contributed by atoms with E-state index < -0.39 is 0 Å². The standard InChI is InChI=1S/C8H10N4OS/c1-3-4-13-7-5-6(12-9)10-8(11-7)14-2/h1,5H,4,9H2,2H3,(H,10,11,12). The van der Waals surface area contributed by atoms with Crippen molar-refractivity contribution in [3.05, 3.63) is 6.07 Å². The molecule has 6 heteroatoms. The molecule has 1 rings (SSSR count). The van der Waals surface area contributed by atoms with Crippen molar-refractivity contribution in [1.29, 1.82) is 0 Å². The smallest absolute Gasteiger partial charge is 0.220 e. The van der Waals surface area contributed by atoms with E-state index in [9.17, 15) is 0 Å². The second kappa shape index (κ2) is 5.32. The molecule has 0 aliphatic carbocycles. The highest BCUT2D eigenvalue weighted by molar-refractivity contribution is 7.98. The van der Waals surface area contributed by atoms with E-state index in [0.717, 1.165) is 0 Å². The molecular formula is C8H10N4OS. The van der Waals surface area contributed by atoms with Crippen molar-refractivity contribution in [2.75, 3.05) is 18.3 Å². The van der Waals surface area contributed by atoms with E-state index in [1.807, 2.05) is 6.26 Å². The van der Waals surface area contributed by atoms with E-state index in [1.165, 1.54) is 11.8 Å². The van der Waals surface area contributed by atoms with Gasteiger partial charge in [-0.3, -0.25) is 0 Å². The highest BCUT2D eigenvalue weighted by Gasteiger charge is 2.03. The zero-order chi connectivity index (χ0) is 10.4. The number of rotatable bonds is 4. The Morgan fingerprint density at radius 1 is 1.71 bits per heavy atom. The summed E-state index contributed by atoms with van der Waals surface area (Å²) in [6, 6.07) is 1.58. The Kier molecular flexibility index (Phi) is 4.04. The van der Waals surface area contributed by atoms with Crippen LogP contribution in [0.5, 0.6) is 5.88 Å². The predicted molar refractivity (Wildman–Crippen MR) is 56.0 cm³/mol. The maximum absolute atomic E-state index is 5.23. The Bertz CT molecular complexity index is 327. The lowest BCUT2D eigenvalue weighted by molar-refractivity contribution is 0.351. The van der Waals surface area contributed by atoms with Gasteiger partial charge in [-0.15, -0.1) is 6.42 Å². The van der Waals surface area contributed by atoms with E-state index in [2.05, 4.69) is 21.3 Å². The van der Waals surface area contributed by atoms with Crippen molar-refractivity contribution in [2.45, 2.75) is 5.16 Å². The second-order valence-corrected chi connectivity index (χ2v) is 2.99. The molecule has 1 aromatic rings. The molecule has 0 saturated carbocycles. The molecular weight excluding hydrogens is 200 g/mol. The molecule has 1 heterocycles. The zero-order valence-electron chi connectivity index (χ0n) is 7.65. The molecule has 0 aliphatic rings. The van der Waals surface area contributed by atoms with Gasteiger partial charge in [-0.2, -0.15) is 4.98 Å². The zero-order valence-corrected chi connectivity index (χ0v) is 8.47. The van der Waals surface area contributed by atoms with Crippen molar-refractivity contribution in [3.63, 3.8) is 0 Å². The van der Waals surface area contributed by atoms with Gasteiger partial charge in [0.25, 0.3) is 0 Å². The summed E-state index contributed by atoms with van der Waals surface area (Å²) in [6.45, 7) is 0.175. The summed E-state index contributed by atoms with van der Waals surface area (Å²) in [4.78, 5) is 8.14. The van der Waals surface area contributed by atoms with Crippen molar-refractivity contribution in [1.82, 2.24) is 9.97 Å². The quantitative estimate of drug-likeness (QED) is 0.248. The molecule has 0 spiro atoms. The fraction of sp³-hybridized carbons (Fsp3) is 0.250. The van der Waals surface area contributed by atoms with Crippen LogP contribution in [0, 0.1) is 12.3 Å². The topological polar surface area (TPSA) is 73.1 Å². The highest BCUT2D eigenvalue weighted by Crippen LogP contribution is 2.17. The lowest BCUT2D eigenvalue weighted by Crippen LogP contribution is -2.10. The van der Waals surface area contributed by atoms with Gasteiger partial charge < -0.3 is 10.2 Å². The third-order valence-electron chi connectivity index (χ3n) is 1.32. The highest BCUT2D eigenvalue weighted by atomic mass is 32.2. The van der Waals surface area contributed by atoms with Gasteiger partial charge in [-0.05, 0) is 6.26 Å². The first-order valence-corrected chi connectivity index (χ1v) is 4.98. The number of hydrogen-bond donors (Lipinski definition) is 2. The average Bonchev–Trinajstić information content (AvgIpc) is 2.25. The van der Waals surface area contributed by atoms with Crippen LogP contribution in [0.3, 0.4) is 0 Å². The van der Waals surface area contributed by atoms with Crippen molar-refractivity contribution >= 4 is 17.6 Å². The number of thioether (sulfide) groups is 1. The molecule has 0 atom stereocenters. The number of aromatic nitrogens is 2. The van der Waals surface area contributed by atoms with Crippen LogP contribution in [-0.4, -0.2) is 22.8 Å². The number of nitrogen functional groups attached to an aromatic ring is 1. The van der Waals surface area contributed by atoms with Gasteiger partial charge >= 0.3 is 0 Å². The fourth-order valence-electron chi connectivity index (χ4n) is 0.759. The minimum atomic E-state index is 0.175. The normalized spacial score (nSPS) is 9.21. The molecule has 0 bridgehead atoms. The van der Waals surface area contributed by atoms with Gasteiger partial charge in [0.2, 0.25) is 5.88 Å². The first-order chi connectivity index (χ1) is 6.80. The van der Waals surface area contributed by atoms with E-state index in [-0.39, 0.29) is 6.61 Å². The number of nitrogens with one attached hydrogen (secondary N) is 1. The Hall–Kier alpha value is -1.45. The Labute approximate surface area is 86.4 Å². The lowest BCUT2D eigenvalue weighted by Gasteiger charge is -2.05. The largest absolute Gasteiger partial charge is 0.464 e. The van der Waals surface area contributed by atoms with Crippen molar-refractivity contribution < 1.29 is 4.74 Å². The SMILES string of the molecule is C#CCOc1cc(NN)nc(SC)n1. The van der Waals surface area contributed by atoms with Crippen LogP contribution in [-0.2, 0) is 0 Å². The Morgan fingerprint density at radius 3 is 3.07 bits per heavy atom. The van der Waals surface area contributed by atoms with Gasteiger partial charge in [0.1, 0.15) is 5.82 Å². The molecule has 0 unspecified atom stereocenters. The number of nitrogens with two attached hydrogens (primary N) is 1. The third kappa shape index (κ3) is 2.80.